The molecule has 0 aliphatic rings. The molecule has 3 heteroatoms. The lowest BCUT2D eigenvalue weighted by Crippen LogP contribution is -1.89. The second kappa shape index (κ2) is 4.74. The van der Waals surface area contributed by atoms with E-state index in [4.69, 9.17) is 10.2 Å². The van der Waals surface area contributed by atoms with Crippen LogP contribution in [0.2, 0.25) is 0 Å². The first-order valence-electron chi connectivity index (χ1n) is 6.26. The number of nitrogens with two attached hydrogens (primary N) is 1. The minimum Gasteiger partial charge on any atom is -0.460 e. The number of para-hydroxylation sites is 1. The van der Waals surface area contributed by atoms with E-state index in [0.29, 0.717) is 0 Å². The van der Waals surface area contributed by atoms with Gasteiger partial charge in [-0.3, -0.25) is 0 Å². The van der Waals surface area contributed by atoms with Gasteiger partial charge in [-0.1, -0.05) is 31.2 Å². The van der Waals surface area contributed by atoms with E-state index in [1.54, 1.807) is 0 Å². The molecular formula is C16H14BrNO. The molecule has 0 bridgehead atoms. The topological polar surface area (TPSA) is 39.2 Å². The monoisotopic (exact) mass is 315 g/mol. The van der Waals surface area contributed by atoms with Gasteiger partial charge in [0.15, 0.2) is 0 Å². The minimum atomic E-state index is 0.741. The van der Waals surface area contributed by atoms with Crippen LogP contribution in [0.1, 0.15) is 12.7 Å². The molecule has 0 aliphatic carbocycles. The Morgan fingerprint density at radius 1 is 1.16 bits per heavy atom. The van der Waals surface area contributed by atoms with Crippen LogP contribution in [0.3, 0.4) is 0 Å². The van der Waals surface area contributed by atoms with Gasteiger partial charge in [0.1, 0.15) is 11.3 Å². The lowest BCUT2D eigenvalue weighted by atomic mass is 10.0. The van der Waals surface area contributed by atoms with Gasteiger partial charge in [-0.2, -0.15) is 0 Å². The van der Waals surface area contributed by atoms with Crippen molar-refractivity contribution in [3.05, 3.63) is 52.7 Å². The molecule has 0 radical (unpaired) electrons. The summed E-state index contributed by atoms with van der Waals surface area (Å²) in [5, 5.41) is 1.14. The first-order valence-corrected chi connectivity index (χ1v) is 7.05. The quantitative estimate of drug-likeness (QED) is 0.675. The van der Waals surface area contributed by atoms with Gasteiger partial charge in [-0.05, 0) is 39.7 Å². The fourth-order valence-electron chi connectivity index (χ4n) is 2.36. The Morgan fingerprint density at radius 3 is 2.68 bits per heavy atom. The highest BCUT2D eigenvalue weighted by Gasteiger charge is 2.14. The maximum atomic E-state index is 5.98. The third-order valence-electron chi connectivity index (χ3n) is 3.27. The molecule has 2 aromatic carbocycles. The molecule has 0 fully saturated rings. The van der Waals surface area contributed by atoms with Crippen molar-refractivity contribution in [2.45, 2.75) is 13.3 Å². The van der Waals surface area contributed by atoms with E-state index >= 15 is 0 Å². The molecule has 96 valence electrons. The smallest absolute Gasteiger partial charge is 0.134 e. The van der Waals surface area contributed by atoms with Crippen LogP contribution in [0.4, 0.5) is 5.69 Å². The lowest BCUT2D eigenvalue weighted by Gasteiger charge is -2.05. The third-order valence-corrected chi connectivity index (χ3v) is 4.00. The SMILES string of the molecule is CCc1oc2ccccc2c1-c1ccc(Br)c(N)c1. The summed E-state index contributed by atoms with van der Waals surface area (Å²) < 4.78 is 6.84. The van der Waals surface area contributed by atoms with E-state index < -0.39 is 0 Å². The van der Waals surface area contributed by atoms with Crippen molar-refractivity contribution in [2.75, 3.05) is 5.73 Å². The maximum absolute atomic E-state index is 5.98. The van der Waals surface area contributed by atoms with Crippen molar-refractivity contribution in [3.63, 3.8) is 0 Å². The number of anilines is 1. The average Bonchev–Trinajstić information content (AvgIpc) is 2.80. The fraction of sp³-hybridized carbons (Fsp3) is 0.125. The molecule has 3 aromatic rings. The molecular weight excluding hydrogens is 302 g/mol. The predicted octanol–water partition coefficient (Wildman–Crippen LogP) is 5.01. The van der Waals surface area contributed by atoms with E-state index in [1.165, 1.54) is 0 Å². The van der Waals surface area contributed by atoms with Crippen LogP contribution in [0, 0.1) is 0 Å². The Kier molecular flexibility index (Phi) is 3.07. The zero-order chi connectivity index (χ0) is 13.4. The molecule has 1 aromatic heterocycles. The Hall–Kier alpha value is -1.74. The van der Waals surface area contributed by atoms with Gasteiger partial charge >= 0.3 is 0 Å². The van der Waals surface area contributed by atoms with Crippen LogP contribution in [-0.2, 0) is 6.42 Å². The normalized spacial score (nSPS) is 11.1. The van der Waals surface area contributed by atoms with Gasteiger partial charge in [-0.25, -0.2) is 0 Å². The highest BCUT2D eigenvalue weighted by atomic mass is 79.9. The highest BCUT2D eigenvalue weighted by Crippen LogP contribution is 2.37. The number of rotatable bonds is 2. The minimum absolute atomic E-state index is 0.741. The van der Waals surface area contributed by atoms with Crippen LogP contribution in [0.5, 0.6) is 0 Å². The van der Waals surface area contributed by atoms with Crippen molar-refractivity contribution in [2.24, 2.45) is 0 Å². The van der Waals surface area contributed by atoms with Gasteiger partial charge in [0.25, 0.3) is 0 Å². The van der Waals surface area contributed by atoms with Gasteiger partial charge in [0.2, 0.25) is 0 Å². The van der Waals surface area contributed by atoms with E-state index in [0.717, 1.165) is 44.4 Å². The van der Waals surface area contributed by atoms with Gasteiger partial charge in [0.05, 0.1) is 0 Å². The molecule has 0 unspecified atom stereocenters. The van der Waals surface area contributed by atoms with Crippen molar-refractivity contribution in [1.29, 1.82) is 0 Å². The molecule has 0 atom stereocenters. The molecule has 0 spiro atoms. The van der Waals surface area contributed by atoms with Crippen LogP contribution in [0.15, 0.2) is 51.4 Å². The number of nitrogen functional groups attached to an aromatic ring is 1. The number of hydrogen-bond donors (Lipinski definition) is 1. The van der Waals surface area contributed by atoms with Gasteiger partial charge in [-0.15, -0.1) is 0 Å². The molecule has 0 aliphatic heterocycles. The second-order valence-corrected chi connectivity index (χ2v) is 5.34. The first-order chi connectivity index (χ1) is 9.20. The number of halogens is 1. The Bertz CT molecular complexity index is 746. The summed E-state index contributed by atoms with van der Waals surface area (Å²) in [6, 6.07) is 14.1. The summed E-state index contributed by atoms with van der Waals surface area (Å²) >= 11 is 3.43. The lowest BCUT2D eigenvalue weighted by molar-refractivity contribution is 0.558. The van der Waals surface area contributed by atoms with Crippen molar-refractivity contribution < 1.29 is 4.42 Å². The molecule has 2 N–H and O–H groups in total. The summed E-state index contributed by atoms with van der Waals surface area (Å²) in [4.78, 5) is 0. The van der Waals surface area contributed by atoms with Crippen LogP contribution in [-0.4, -0.2) is 0 Å². The molecule has 0 saturated heterocycles. The fourth-order valence-corrected chi connectivity index (χ4v) is 2.61. The summed E-state index contributed by atoms with van der Waals surface area (Å²) in [6.07, 6.45) is 0.861. The van der Waals surface area contributed by atoms with Crippen LogP contribution < -0.4 is 5.73 Å². The second-order valence-electron chi connectivity index (χ2n) is 4.49. The summed E-state index contributed by atoms with van der Waals surface area (Å²) in [7, 11) is 0. The number of furan rings is 1. The Morgan fingerprint density at radius 2 is 1.95 bits per heavy atom. The van der Waals surface area contributed by atoms with Gasteiger partial charge in [0, 0.05) is 27.5 Å². The summed E-state index contributed by atoms with van der Waals surface area (Å²) in [6.45, 7) is 2.10. The molecule has 2 nitrogen and oxygen atoms in total. The van der Waals surface area contributed by atoms with Crippen molar-refractivity contribution in [1.82, 2.24) is 0 Å². The summed E-state index contributed by atoms with van der Waals surface area (Å²) in [5.74, 6) is 1.00. The third kappa shape index (κ3) is 2.04. The van der Waals surface area contributed by atoms with E-state index in [2.05, 4.69) is 35.0 Å². The number of benzene rings is 2. The number of aryl methyl sites for hydroxylation is 1. The van der Waals surface area contributed by atoms with E-state index in [9.17, 15) is 0 Å². The zero-order valence-electron chi connectivity index (χ0n) is 10.6. The maximum Gasteiger partial charge on any atom is 0.134 e. The number of hydrogen-bond acceptors (Lipinski definition) is 2. The van der Waals surface area contributed by atoms with Gasteiger partial charge < -0.3 is 10.2 Å². The van der Waals surface area contributed by atoms with Crippen LogP contribution >= 0.6 is 15.9 Å². The van der Waals surface area contributed by atoms with Crippen molar-refractivity contribution >= 4 is 32.6 Å². The number of fused-ring (bicyclic) bond motifs is 1. The predicted molar refractivity (Wildman–Crippen MR) is 83.1 cm³/mol. The average molecular weight is 316 g/mol. The first kappa shape index (κ1) is 12.3. The van der Waals surface area contributed by atoms with E-state index in [1.807, 2.05) is 30.3 Å². The molecule has 19 heavy (non-hydrogen) atoms. The standard InChI is InChI=1S/C16H14BrNO/c1-2-14-16(10-7-8-12(17)13(18)9-10)11-5-3-4-6-15(11)19-14/h3-9H,2,18H2,1H3. The molecule has 0 amide bonds. The van der Waals surface area contributed by atoms with Crippen LogP contribution in [0.25, 0.3) is 22.1 Å². The molecule has 3 rings (SSSR count). The zero-order valence-corrected chi connectivity index (χ0v) is 12.2. The molecule has 1 heterocycles. The Labute approximate surface area is 120 Å². The largest absolute Gasteiger partial charge is 0.460 e. The van der Waals surface area contributed by atoms with Crippen molar-refractivity contribution in [3.8, 4) is 11.1 Å². The molecule has 0 saturated carbocycles. The summed E-state index contributed by atoms with van der Waals surface area (Å²) in [5.41, 5.74) is 9.90. The Balaban J connectivity index is 2.31. The van der Waals surface area contributed by atoms with E-state index in [-0.39, 0.29) is 0 Å². The highest BCUT2D eigenvalue weighted by molar-refractivity contribution is 9.10.